The zero-order valence-electron chi connectivity index (χ0n) is 8.71. The van der Waals surface area contributed by atoms with Crippen LogP contribution < -0.4 is 5.32 Å². The van der Waals surface area contributed by atoms with Crippen molar-refractivity contribution < 1.29 is 13.6 Å². The summed E-state index contributed by atoms with van der Waals surface area (Å²) in [4.78, 5) is 14.0. The van der Waals surface area contributed by atoms with Crippen LogP contribution in [0.2, 0.25) is 0 Å². The molecule has 0 unspecified atom stereocenters. The van der Waals surface area contributed by atoms with E-state index < -0.39 is 5.82 Å². The number of halogens is 1. The van der Waals surface area contributed by atoms with Crippen molar-refractivity contribution in [1.29, 1.82) is 0 Å². The van der Waals surface area contributed by atoms with Crippen LogP contribution in [0.15, 0.2) is 29.0 Å². The number of H-pyrrole nitrogens is 1. The first kappa shape index (κ1) is 10.5. The summed E-state index contributed by atoms with van der Waals surface area (Å²) in [6, 6.07) is 2.96. The lowest BCUT2D eigenvalue weighted by atomic mass is 10.3. The van der Waals surface area contributed by atoms with Crippen molar-refractivity contribution in [2.75, 3.05) is 0 Å². The Hall–Kier alpha value is -2.04. The van der Waals surface area contributed by atoms with E-state index in [0.29, 0.717) is 5.76 Å². The molecule has 4 nitrogen and oxygen atoms in total. The molecule has 0 spiro atoms. The molecule has 2 rings (SSSR count). The van der Waals surface area contributed by atoms with Gasteiger partial charge in [0.2, 0.25) is 0 Å². The minimum Gasteiger partial charge on any atom is -0.467 e. The second-order valence-electron chi connectivity index (χ2n) is 3.44. The van der Waals surface area contributed by atoms with Crippen molar-refractivity contribution >= 4 is 5.91 Å². The molecule has 2 aromatic rings. The lowest BCUT2D eigenvalue weighted by Gasteiger charge is -2.01. The van der Waals surface area contributed by atoms with Gasteiger partial charge < -0.3 is 14.7 Å². The fourth-order valence-electron chi connectivity index (χ4n) is 1.34. The molecule has 0 fully saturated rings. The molecule has 2 N–H and O–H groups in total. The maximum Gasteiger partial charge on any atom is 0.268 e. The fourth-order valence-corrected chi connectivity index (χ4v) is 1.34. The van der Waals surface area contributed by atoms with Gasteiger partial charge in [-0.05, 0) is 18.6 Å². The van der Waals surface area contributed by atoms with Crippen molar-refractivity contribution in [3.63, 3.8) is 0 Å². The number of hydrogen-bond acceptors (Lipinski definition) is 2. The SMILES string of the molecule is Cc1ccoc1CNC(=O)c1cc(F)c[nH]1. The number of carbonyl (C=O) groups excluding carboxylic acids is 1. The van der Waals surface area contributed by atoms with Crippen LogP contribution in [-0.2, 0) is 6.54 Å². The van der Waals surface area contributed by atoms with Gasteiger partial charge in [-0.3, -0.25) is 4.79 Å². The Morgan fingerprint density at radius 3 is 3.00 bits per heavy atom. The summed E-state index contributed by atoms with van der Waals surface area (Å²) in [5, 5.41) is 2.62. The largest absolute Gasteiger partial charge is 0.467 e. The zero-order chi connectivity index (χ0) is 11.5. The molecule has 0 saturated heterocycles. The monoisotopic (exact) mass is 222 g/mol. The van der Waals surface area contributed by atoms with Crippen molar-refractivity contribution in [2.24, 2.45) is 0 Å². The highest BCUT2D eigenvalue weighted by molar-refractivity contribution is 5.92. The number of rotatable bonds is 3. The highest BCUT2D eigenvalue weighted by Gasteiger charge is 2.09. The second kappa shape index (κ2) is 4.22. The molecule has 16 heavy (non-hydrogen) atoms. The number of furan rings is 1. The molecule has 5 heteroatoms. The van der Waals surface area contributed by atoms with Gasteiger partial charge >= 0.3 is 0 Å². The third-order valence-corrected chi connectivity index (χ3v) is 2.27. The van der Waals surface area contributed by atoms with Crippen LogP contribution in [0.5, 0.6) is 0 Å². The minimum absolute atomic E-state index is 0.196. The Kier molecular flexibility index (Phi) is 2.76. The highest BCUT2D eigenvalue weighted by atomic mass is 19.1. The number of aromatic nitrogens is 1. The molecule has 0 aromatic carbocycles. The smallest absolute Gasteiger partial charge is 0.268 e. The molecular weight excluding hydrogens is 211 g/mol. The number of hydrogen-bond donors (Lipinski definition) is 2. The summed E-state index contributed by atoms with van der Waals surface area (Å²) >= 11 is 0. The van der Waals surface area contributed by atoms with Crippen molar-refractivity contribution in [3.05, 3.63) is 47.4 Å². The second-order valence-corrected chi connectivity index (χ2v) is 3.44. The van der Waals surface area contributed by atoms with E-state index in [1.54, 1.807) is 6.26 Å². The van der Waals surface area contributed by atoms with E-state index in [1.807, 2.05) is 13.0 Å². The lowest BCUT2D eigenvalue weighted by molar-refractivity contribution is 0.0943. The third kappa shape index (κ3) is 2.13. The Morgan fingerprint density at radius 2 is 2.44 bits per heavy atom. The maximum atomic E-state index is 12.6. The molecule has 0 aliphatic heterocycles. The Morgan fingerprint density at radius 1 is 1.62 bits per heavy atom. The summed E-state index contributed by atoms with van der Waals surface area (Å²) in [6.45, 7) is 2.18. The Bertz CT molecular complexity index is 502. The summed E-state index contributed by atoms with van der Waals surface area (Å²) in [5.74, 6) is -0.126. The first-order chi connectivity index (χ1) is 7.66. The van der Waals surface area contributed by atoms with Gasteiger partial charge in [-0.2, -0.15) is 0 Å². The summed E-state index contributed by atoms with van der Waals surface area (Å²) in [6.07, 6.45) is 2.69. The number of nitrogens with one attached hydrogen (secondary N) is 2. The Labute approximate surface area is 91.5 Å². The van der Waals surface area contributed by atoms with Gasteiger partial charge in [0.25, 0.3) is 5.91 Å². The summed E-state index contributed by atoms with van der Waals surface area (Å²) < 4.78 is 17.8. The van der Waals surface area contributed by atoms with Crippen molar-refractivity contribution in [3.8, 4) is 0 Å². The van der Waals surface area contributed by atoms with Gasteiger partial charge in [-0.25, -0.2) is 4.39 Å². The van der Waals surface area contributed by atoms with Gasteiger partial charge in [0.1, 0.15) is 17.3 Å². The van der Waals surface area contributed by atoms with Gasteiger partial charge in [-0.15, -0.1) is 0 Å². The molecule has 2 aromatic heterocycles. The molecule has 84 valence electrons. The van der Waals surface area contributed by atoms with Gasteiger partial charge in [0, 0.05) is 12.3 Å². The van der Waals surface area contributed by atoms with Crippen LogP contribution in [0.1, 0.15) is 21.8 Å². The van der Waals surface area contributed by atoms with E-state index in [1.165, 1.54) is 0 Å². The molecule has 0 aliphatic carbocycles. The first-order valence-corrected chi connectivity index (χ1v) is 4.82. The number of carbonyl (C=O) groups is 1. The number of aromatic amines is 1. The minimum atomic E-state index is -0.459. The molecule has 0 atom stereocenters. The standard InChI is InChI=1S/C11H11FN2O2/c1-7-2-3-16-10(7)6-14-11(15)9-4-8(12)5-13-9/h2-5,13H,6H2,1H3,(H,14,15). The van der Waals surface area contributed by atoms with Crippen LogP contribution in [0.4, 0.5) is 4.39 Å². The van der Waals surface area contributed by atoms with Crippen LogP contribution in [0, 0.1) is 12.7 Å². The topological polar surface area (TPSA) is 58.0 Å². The lowest BCUT2D eigenvalue weighted by Crippen LogP contribution is -2.23. The average Bonchev–Trinajstić information content (AvgIpc) is 2.84. The summed E-state index contributed by atoms with van der Waals surface area (Å²) in [7, 11) is 0. The maximum absolute atomic E-state index is 12.6. The molecule has 0 bridgehead atoms. The van der Waals surface area contributed by atoms with Crippen LogP contribution in [-0.4, -0.2) is 10.9 Å². The molecule has 0 saturated carbocycles. The number of aryl methyl sites for hydroxylation is 1. The molecule has 0 aliphatic rings. The Balaban J connectivity index is 1.96. The predicted molar refractivity (Wildman–Crippen MR) is 55.4 cm³/mol. The third-order valence-electron chi connectivity index (χ3n) is 2.27. The molecule has 0 radical (unpaired) electrons. The quantitative estimate of drug-likeness (QED) is 0.834. The van der Waals surface area contributed by atoms with Crippen molar-refractivity contribution in [1.82, 2.24) is 10.3 Å². The predicted octanol–water partition coefficient (Wildman–Crippen LogP) is 1.99. The zero-order valence-corrected chi connectivity index (χ0v) is 8.71. The first-order valence-electron chi connectivity index (χ1n) is 4.82. The van der Waals surface area contributed by atoms with Gasteiger partial charge in [0.05, 0.1) is 12.8 Å². The molecule has 2 heterocycles. The normalized spacial score (nSPS) is 10.4. The van der Waals surface area contributed by atoms with Crippen LogP contribution in [0.25, 0.3) is 0 Å². The van der Waals surface area contributed by atoms with E-state index in [-0.39, 0.29) is 18.1 Å². The average molecular weight is 222 g/mol. The summed E-state index contributed by atoms with van der Waals surface area (Å²) in [5.41, 5.74) is 1.17. The fraction of sp³-hybridized carbons (Fsp3) is 0.182. The van der Waals surface area contributed by atoms with E-state index in [9.17, 15) is 9.18 Å². The van der Waals surface area contributed by atoms with Crippen molar-refractivity contribution in [2.45, 2.75) is 13.5 Å². The van der Waals surface area contributed by atoms with Crippen LogP contribution >= 0.6 is 0 Å². The van der Waals surface area contributed by atoms with Crippen LogP contribution in [0.3, 0.4) is 0 Å². The van der Waals surface area contributed by atoms with E-state index in [4.69, 9.17) is 4.42 Å². The molecule has 1 amide bonds. The number of amides is 1. The van der Waals surface area contributed by atoms with E-state index >= 15 is 0 Å². The highest BCUT2D eigenvalue weighted by Crippen LogP contribution is 2.08. The van der Waals surface area contributed by atoms with E-state index in [2.05, 4.69) is 10.3 Å². The van der Waals surface area contributed by atoms with Gasteiger partial charge in [0.15, 0.2) is 0 Å². The van der Waals surface area contributed by atoms with E-state index in [0.717, 1.165) is 17.8 Å². The molecular formula is C11H11FN2O2. The van der Waals surface area contributed by atoms with Gasteiger partial charge in [-0.1, -0.05) is 0 Å².